The van der Waals surface area contributed by atoms with Crippen molar-refractivity contribution < 1.29 is 27.9 Å². The summed E-state index contributed by atoms with van der Waals surface area (Å²) >= 11 is 0. The highest BCUT2D eigenvalue weighted by Crippen LogP contribution is 2.28. The fourth-order valence-electron chi connectivity index (χ4n) is 3.64. The lowest BCUT2D eigenvalue weighted by Crippen LogP contribution is -2.45. The molecular weight excluding hydrogens is 432 g/mol. The number of carbonyl (C=O) groups excluding carboxylic acids is 2. The largest absolute Gasteiger partial charge is 0.444 e. The number of aliphatic hydroxyl groups is 1. The molecule has 7 nitrogen and oxygen atoms in total. The Bertz CT molecular complexity index is 1120. The van der Waals surface area contributed by atoms with Crippen molar-refractivity contribution in [1.82, 2.24) is 15.2 Å². The third-order valence-electron chi connectivity index (χ3n) is 5.43. The summed E-state index contributed by atoms with van der Waals surface area (Å²) in [5, 5.41) is 12.8. The van der Waals surface area contributed by atoms with E-state index in [-0.39, 0.29) is 37.5 Å². The van der Waals surface area contributed by atoms with E-state index < -0.39 is 30.4 Å². The Morgan fingerprint density at radius 1 is 1.15 bits per heavy atom. The molecule has 3 aromatic rings. The number of hydrogen-bond donors (Lipinski definition) is 2. The fourth-order valence-corrected chi connectivity index (χ4v) is 3.64. The Balaban J connectivity index is 1.35. The van der Waals surface area contributed by atoms with Gasteiger partial charge in [0.1, 0.15) is 6.26 Å². The van der Waals surface area contributed by atoms with E-state index in [1.165, 1.54) is 6.26 Å². The molecule has 1 aromatic heterocycles. The standard InChI is InChI=1S/C24H23F2N3O4/c25-24(26)11-4-12-29(15-24)23(32)19-14-33-22(28-19)18-9-7-16(8-10-18)13-27-21(31)20(30)17-5-2-1-3-6-17/h1-3,5-10,14,20,30H,4,11-13,15H2,(H,27,31)/t20-/m1/s1. The van der Waals surface area contributed by atoms with Gasteiger partial charge in [-0.15, -0.1) is 0 Å². The highest BCUT2D eigenvalue weighted by Gasteiger charge is 2.38. The first-order valence-electron chi connectivity index (χ1n) is 10.5. The summed E-state index contributed by atoms with van der Waals surface area (Å²) in [7, 11) is 0. The van der Waals surface area contributed by atoms with Gasteiger partial charge >= 0.3 is 0 Å². The number of alkyl halides is 2. The van der Waals surface area contributed by atoms with Gasteiger partial charge < -0.3 is 19.7 Å². The molecule has 1 aliphatic rings. The summed E-state index contributed by atoms with van der Waals surface area (Å²) in [6.45, 7) is -0.148. The van der Waals surface area contributed by atoms with Gasteiger partial charge in [0, 0.05) is 25.1 Å². The molecule has 2 aromatic carbocycles. The van der Waals surface area contributed by atoms with Crippen molar-refractivity contribution in [2.24, 2.45) is 0 Å². The number of hydrogen-bond acceptors (Lipinski definition) is 5. The van der Waals surface area contributed by atoms with Gasteiger partial charge in [0.05, 0.1) is 6.54 Å². The fraction of sp³-hybridized carbons (Fsp3) is 0.292. The first kappa shape index (κ1) is 22.6. The summed E-state index contributed by atoms with van der Waals surface area (Å²) in [6, 6.07) is 15.6. The van der Waals surface area contributed by atoms with Gasteiger partial charge in [0.15, 0.2) is 11.8 Å². The van der Waals surface area contributed by atoms with E-state index in [0.717, 1.165) is 10.5 Å². The Morgan fingerprint density at radius 3 is 2.58 bits per heavy atom. The van der Waals surface area contributed by atoms with Gasteiger partial charge in [0.2, 0.25) is 5.89 Å². The molecule has 2 N–H and O–H groups in total. The Kier molecular flexibility index (Phi) is 6.50. The number of rotatable bonds is 6. The van der Waals surface area contributed by atoms with E-state index in [9.17, 15) is 23.5 Å². The molecule has 0 radical (unpaired) electrons. The lowest BCUT2D eigenvalue weighted by molar-refractivity contribution is -0.129. The molecule has 172 valence electrons. The molecule has 0 aliphatic carbocycles. The molecule has 2 heterocycles. The van der Waals surface area contributed by atoms with Gasteiger partial charge in [-0.25, -0.2) is 13.8 Å². The zero-order valence-corrected chi connectivity index (χ0v) is 17.7. The molecule has 9 heteroatoms. The summed E-state index contributed by atoms with van der Waals surface area (Å²) in [5.74, 6) is -3.79. The van der Waals surface area contributed by atoms with Crippen molar-refractivity contribution in [2.45, 2.75) is 31.4 Å². The molecular formula is C24H23F2N3O4. The second-order valence-electron chi connectivity index (χ2n) is 7.95. The molecule has 33 heavy (non-hydrogen) atoms. The van der Waals surface area contributed by atoms with Crippen LogP contribution in [-0.4, -0.2) is 45.8 Å². The molecule has 0 bridgehead atoms. The third-order valence-corrected chi connectivity index (χ3v) is 5.43. The Morgan fingerprint density at radius 2 is 1.88 bits per heavy atom. The van der Waals surface area contributed by atoms with Crippen molar-refractivity contribution in [2.75, 3.05) is 13.1 Å². The molecule has 1 saturated heterocycles. The second-order valence-corrected chi connectivity index (χ2v) is 7.95. The van der Waals surface area contributed by atoms with Crippen molar-refractivity contribution >= 4 is 11.8 Å². The van der Waals surface area contributed by atoms with Crippen molar-refractivity contribution in [3.05, 3.63) is 77.7 Å². The van der Waals surface area contributed by atoms with Crippen LogP contribution in [0.1, 0.15) is 40.6 Å². The monoisotopic (exact) mass is 455 g/mol. The number of aliphatic hydroxyl groups excluding tert-OH is 1. The molecule has 0 spiro atoms. The third kappa shape index (κ3) is 5.43. The minimum atomic E-state index is -2.89. The van der Waals surface area contributed by atoms with E-state index >= 15 is 0 Å². The predicted molar refractivity (Wildman–Crippen MR) is 115 cm³/mol. The molecule has 1 atom stereocenters. The van der Waals surface area contributed by atoms with Gasteiger partial charge in [-0.2, -0.15) is 0 Å². The predicted octanol–water partition coefficient (Wildman–Crippen LogP) is 3.56. The van der Waals surface area contributed by atoms with Gasteiger partial charge in [-0.1, -0.05) is 42.5 Å². The highest BCUT2D eigenvalue weighted by molar-refractivity contribution is 5.92. The maximum absolute atomic E-state index is 13.6. The minimum absolute atomic E-state index is 0.0195. The number of benzene rings is 2. The summed E-state index contributed by atoms with van der Waals surface area (Å²) in [6.07, 6.45) is -0.0692. The number of halogens is 2. The number of carbonyl (C=O) groups is 2. The van der Waals surface area contributed by atoms with Gasteiger partial charge in [0.25, 0.3) is 17.7 Å². The van der Waals surface area contributed by atoms with Crippen LogP contribution < -0.4 is 5.32 Å². The highest BCUT2D eigenvalue weighted by atomic mass is 19.3. The molecule has 1 fully saturated rings. The topological polar surface area (TPSA) is 95.7 Å². The number of piperidine rings is 1. The normalized spacial score (nSPS) is 16.3. The van der Waals surface area contributed by atoms with Crippen LogP contribution in [-0.2, 0) is 11.3 Å². The maximum Gasteiger partial charge on any atom is 0.276 e. The van der Waals surface area contributed by atoms with Crippen molar-refractivity contribution in [3.63, 3.8) is 0 Å². The number of nitrogens with zero attached hydrogens (tertiary/aromatic N) is 2. The Hall–Kier alpha value is -3.59. The van der Waals surface area contributed by atoms with Crippen LogP contribution in [0.3, 0.4) is 0 Å². The number of nitrogens with one attached hydrogen (secondary N) is 1. The number of likely N-dealkylation sites (tertiary alicyclic amines) is 1. The first-order valence-corrected chi connectivity index (χ1v) is 10.5. The van der Waals surface area contributed by atoms with Crippen LogP contribution in [0.25, 0.3) is 11.5 Å². The lowest BCUT2D eigenvalue weighted by atomic mass is 10.1. The smallest absolute Gasteiger partial charge is 0.276 e. The zero-order chi connectivity index (χ0) is 23.4. The van der Waals surface area contributed by atoms with Crippen molar-refractivity contribution in [3.8, 4) is 11.5 Å². The summed E-state index contributed by atoms with van der Waals surface area (Å²) in [4.78, 5) is 29.9. The Labute approximate surface area is 189 Å². The maximum atomic E-state index is 13.6. The molecule has 1 aliphatic heterocycles. The van der Waals surface area contributed by atoms with E-state index in [0.29, 0.717) is 11.1 Å². The van der Waals surface area contributed by atoms with E-state index in [1.54, 1.807) is 54.6 Å². The SMILES string of the molecule is O=C(NCc1ccc(-c2nc(C(=O)N3CCCC(F)(F)C3)co2)cc1)[C@H](O)c1ccccc1. The van der Waals surface area contributed by atoms with Crippen LogP contribution in [0.5, 0.6) is 0 Å². The molecule has 0 unspecified atom stereocenters. The van der Waals surface area contributed by atoms with E-state index in [4.69, 9.17) is 4.42 Å². The zero-order valence-electron chi connectivity index (χ0n) is 17.7. The van der Waals surface area contributed by atoms with Crippen LogP contribution in [0.4, 0.5) is 8.78 Å². The van der Waals surface area contributed by atoms with Crippen LogP contribution >= 0.6 is 0 Å². The molecule has 0 saturated carbocycles. The lowest BCUT2D eigenvalue weighted by Gasteiger charge is -2.31. The summed E-state index contributed by atoms with van der Waals surface area (Å²) < 4.78 is 32.6. The van der Waals surface area contributed by atoms with Crippen LogP contribution in [0.2, 0.25) is 0 Å². The minimum Gasteiger partial charge on any atom is -0.444 e. The molecule has 4 rings (SSSR count). The van der Waals surface area contributed by atoms with Crippen molar-refractivity contribution in [1.29, 1.82) is 0 Å². The van der Waals surface area contributed by atoms with E-state index in [1.807, 2.05) is 0 Å². The van der Waals surface area contributed by atoms with E-state index in [2.05, 4.69) is 10.3 Å². The van der Waals surface area contributed by atoms with Gasteiger partial charge in [-0.05, 0) is 29.7 Å². The van der Waals surface area contributed by atoms with Gasteiger partial charge in [-0.3, -0.25) is 9.59 Å². The molecule has 2 amide bonds. The average molecular weight is 455 g/mol. The number of oxazole rings is 1. The van der Waals surface area contributed by atoms with Crippen LogP contribution in [0.15, 0.2) is 65.3 Å². The van der Waals surface area contributed by atoms with Crippen LogP contribution in [0, 0.1) is 0 Å². The average Bonchev–Trinajstić information content (AvgIpc) is 3.32. The number of amides is 2. The second kappa shape index (κ2) is 9.50. The number of aromatic nitrogens is 1. The summed E-state index contributed by atoms with van der Waals surface area (Å²) in [5.41, 5.74) is 1.87. The quantitative estimate of drug-likeness (QED) is 0.593. The first-order chi connectivity index (χ1) is 15.8.